The Hall–Kier alpha value is -1.84. The fourth-order valence-electron chi connectivity index (χ4n) is 3.36. The van der Waals surface area contributed by atoms with Crippen molar-refractivity contribution in [3.05, 3.63) is 60.9 Å². The first kappa shape index (κ1) is 23.8. The molecule has 2 aromatic rings. The molecule has 0 spiro atoms. The van der Waals surface area contributed by atoms with Gasteiger partial charge in [-0.25, -0.2) is 4.79 Å². The van der Waals surface area contributed by atoms with Crippen molar-refractivity contribution in [2.24, 2.45) is 0 Å². The molecule has 9 heteroatoms. The molecule has 0 atom stereocenters. The second kappa shape index (κ2) is 9.75. The number of ether oxygens (including phenoxy) is 1. The number of aromatic nitrogens is 1. The summed E-state index contributed by atoms with van der Waals surface area (Å²) < 4.78 is 8.70. The van der Waals surface area contributed by atoms with Crippen LogP contribution in [-0.4, -0.2) is 57.3 Å². The Kier molecular flexibility index (Phi) is 7.49. The molecule has 1 N–H and O–H groups in total. The van der Waals surface area contributed by atoms with E-state index in [0.717, 1.165) is 14.5 Å². The summed E-state index contributed by atoms with van der Waals surface area (Å²) in [7, 11) is 0. The Bertz CT molecular complexity index is 1010. The van der Waals surface area contributed by atoms with E-state index in [-0.39, 0.29) is 11.8 Å². The summed E-state index contributed by atoms with van der Waals surface area (Å²) in [6.07, 6.45) is 1.40. The van der Waals surface area contributed by atoms with Crippen molar-refractivity contribution in [2.75, 3.05) is 26.2 Å². The lowest BCUT2D eigenvalue weighted by Gasteiger charge is -2.35. The van der Waals surface area contributed by atoms with Gasteiger partial charge in [-0.1, -0.05) is 12.1 Å². The third kappa shape index (κ3) is 6.11. The van der Waals surface area contributed by atoms with E-state index in [1.54, 1.807) is 17.2 Å². The van der Waals surface area contributed by atoms with Crippen LogP contribution in [0.4, 0.5) is 4.79 Å². The summed E-state index contributed by atoms with van der Waals surface area (Å²) in [5.41, 5.74) is 0.578. The van der Waals surface area contributed by atoms with Gasteiger partial charge >= 0.3 is 6.09 Å². The molecule has 1 amide bonds. The fourth-order valence-corrected chi connectivity index (χ4v) is 4.16. The summed E-state index contributed by atoms with van der Waals surface area (Å²) in [6.45, 7) is 8.73. The summed E-state index contributed by atoms with van der Waals surface area (Å²) in [5, 5.41) is 10.5. The molecule has 1 aromatic heterocycles. The lowest BCUT2D eigenvalue weighted by Crippen LogP contribution is -2.49. The number of aromatic hydroxyl groups is 1. The Labute approximate surface area is 198 Å². The number of rotatable bonds is 4. The maximum absolute atomic E-state index is 12.7. The van der Waals surface area contributed by atoms with E-state index in [0.29, 0.717) is 44.8 Å². The van der Waals surface area contributed by atoms with E-state index < -0.39 is 11.2 Å². The monoisotopic (exact) mass is 555 g/mol. The number of hydrogen-bond acceptors (Lipinski definition) is 5. The minimum Gasteiger partial charge on any atom is -0.503 e. The first-order chi connectivity index (χ1) is 14.5. The maximum Gasteiger partial charge on any atom is 0.410 e. The Morgan fingerprint density at radius 2 is 1.74 bits per heavy atom. The van der Waals surface area contributed by atoms with Gasteiger partial charge in [0.1, 0.15) is 5.60 Å². The van der Waals surface area contributed by atoms with E-state index >= 15 is 0 Å². The highest BCUT2D eigenvalue weighted by atomic mass is 79.9. The molecule has 0 saturated carbocycles. The van der Waals surface area contributed by atoms with Crippen LogP contribution < -0.4 is 5.56 Å². The zero-order valence-corrected chi connectivity index (χ0v) is 21.1. The number of carbonyl (C=O) groups excluding carboxylic acids is 1. The van der Waals surface area contributed by atoms with Crippen molar-refractivity contribution < 1.29 is 14.6 Å². The van der Waals surface area contributed by atoms with Gasteiger partial charge in [-0.05, 0) is 70.3 Å². The highest BCUT2D eigenvalue weighted by molar-refractivity contribution is 9.13. The lowest BCUT2D eigenvalue weighted by atomic mass is 10.2. The highest BCUT2D eigenvalue weighted by Crippen LogP contribution is 2.27. The lowest BCUT2D eigenvalue weighted by molar-refractivity contribution is 0.0138. The van der Waals surface area contributed by atoms with Crippen LogP contribution in [0.2, 0.25) is 0 Å². The van der Waals surface area contributed by atoms with Crippen LogP contribution in [0.25, 0.3) is 0 Å². The van der Waals surface area contributed by atoms with Crippen molar-refractivity contribution in [1.82, 2.24) is 14.4 Å². The zero-order chi connectivity index (χ0) is 22.8. The number of benzene rings is 1. The molecule has 168 valence electrons. The minimum absolute atomic E-state index is 0.233. The van der Waals surface area contributed by atoms with Crippen LogP contribution in [0.3, 0.4) is 0 Å². The van der Waals surface area contributed by atoms with Crippen LogP contribution in [0.5, 0.6) is 5.75 Å². The van der Waals surface area contributed by atoms with Crippen molar-refractivity contribution in [2.45, 2.75) is 39.5 Å². The maximum atomic E-state index is 12.7. The molecule has 1 aromatic carbocycles. The van der Waals surface area contributed by atoms with Crippen LogP contribution >= 0.6 is 31.9 Å². The van der Waals surface area contributed by atoms with E-state index in [1.165, 1.54) is 4.57 Å². The second-order valence-corrected chi connectivity index (χ2v) is 10.2. The van der Waals surface area contributed by atoms with Gasteiger partial charge < -0.3 is 19.3 Å². The number of piperazine rings is 1. The van der Waals surface area contributed by atoms with Gasteiger partial charge in [0.05, 0.1) is 6.54 Å². The molecule has 0 aliphatic carbocycles. The van der Waals surface area contributed by atoms with Crippen molar-refractivity contribution >= 4 is 38.0 Å². The van der Waals surface area contributed by atoms with E-state index in [1.807, 2.05) is 39.0 Å². The molecule has 1 aliphatic rings. The zero-order valence-electron chi connectivity index (χ0n) is 17.9. The summed E-state index contributed by atoms with van der Waals surface area (Å²) in [6, 6.07) is 7.53. The standard InChI is InChI=1S/C22H27Br2N3O4/c1-22(2,3)31-21(30)26-11-9-25(10-12-26)13-16-7-8-27(20(29)19(16)28)14-15-5-4-6-17(23)18(15)24/h4-8,28H,9-14H2,1-3H3. The Morgan fingerprint density at radius 3 is 2.39 bits per heavy atom. The molecule has 2 heterocycles. The highest BCUT2D eigenvalue weighted by Gasteiger charge is 2.26. The predicted molar refractivity (Wildman–Crippen MR) is 126 cm³/mol. The molecule has 3 rings (SSSR count). The molecule has 0 bridgehead atoms. The minimum atomic E-state index is -0.518. The first-order valence-electron chi connectivity index (χ1n) is 10.1. The second-order valence-electron chi connectivity index (χ2n) is 8.58. The number of pyridine rings is 1. The van der Waals surface area contributed by atoms with Crippen molar-refractivity contribution in [3.8, 4) is 5.75 Å². The average molecular weight is 557 g/mol. The molecular formula is C22H27Br2N3O4. The van der Waals surface area contributed by atoms with Gasteiger partial charge in [-0.15, -0.1) is 0 Å². The van der Waals surface area contributed by atoms with Gasteiger partial charge in [-0.2, -0.15) is 0 Å². The largest absolute Gasteiger partial charge is 0.503 e. The van der Waals surface area contributed by atoms with Crippen molar-refractivity contribution in [1.29, 1.82) is 0 Å². The van der Waals surface area contributed by atoms with Gasteiger partial charge in [0.15, 0.2) is 5.75 Å². The summed E-state index contributed by atoms with van der Waals surface area (Å²) in [4.78, 5) is 28.7. The third-order valence-corrected chi connectivity index (χ3v) is 7.14. The molecule has 31 heavy (non-hydrogen) atoms. The first-order valence-corrected chi connectivity index (χ1v) is 11.7. The third-order valence-electron chi connectivity index (χ3n) is 5.01. The average Bonchev–Trinajstić information content (AvgIpc) is 2.70. The molecule has 1 saturated heterocycles. The molecule has 7 nitrogen and oxygen atoms in total. The van der Waals surface area contributed by atoms with Crippen molar-refractivity contribution in [3.63, 3.8) is 0 Å². The summed E-state index contributed by atoms with van der Waals surface area (Å²) >= 11 is 6.99. The van der Waals surface area contributed by atoms with Gasteiger partial charge in [-0.3, -0.25) is 9.69 Å². The van der Waals surface area contributed by atoms with Crippen LogP contribution in [0.1, 0.15) is 31.9 Å². The number of halogens is 2. The smallest absolute Gasteiger partial charge is 0.410 e. The van der Waals surface area contributed by atoms with E-state index in [9.17, 15) is 14.7 Å². The number of amides is 1. The van der Waals surface area contributed by atoms with Gasteiger partial charge in [0, 0.05) is 53.4 Å². The Balaban J connectivity index is 1.63. The number of nitrogens with zero attached hydrogens (tertiary/aromatic N) is 3. The van der Waals surface area contributed by atoms with E-state index in [2.05, 4.69) is 36.8 Å². The normalized spacial score (nSPS) is 15.2. The van der Waals surface area contributed by atoms with Crippen LogP contribution in [0, 0.1) is 0 Å². The quantitative estimate of drug-likeness (QED) is 0.611. The van der Waals surface area contributed by atoms with Crippen LogP contribution in [-0.2, 0) is 17.8 Å². The molecule has 0 radical (unpaired) electrons. The number of hydrogen-bond donors (Lipinski definition) is 1. The molecular weight excluding hydrogens is 530 g/mol. The predicted octanol–water partition coefficient (Wildman–Crippen LogP) is 4.18. The van der Waals surface area contributed by atoms with Gasteiger partial charge in [0.25, 0.3) is 5.56 Å². The Morgan fingerprint density at radius 1 is 1.06 bits per heavy atom. The SMILES string of the molecule is CC(C)(C)OC(=O)N1CCN(Cc2ccn(Cc3cccc(Br)c3Br)c(=O)c2O)CC1. The number of carbonyl (C=O) groups is 1. The molecule has 0 unspecified atom stereocenters. The molecule has 1 aliphatic heterocycles. The fraction of sp³-hybridized carbons (Fsp3) is 0.455. The van der Waals surface area contributed by atoms with Gasteiger partial charge in [0.2, 0.25) is 0 Å². The van der Waals surface area contributed by atoms with E-state index in [4.69, 9.17) is 4.74 Å². The molecule has 1 fully saturated rings. The summed E-state index contributed by atoms with van der Waals surface area (Å²) in [5.74, 6) is -0.233. The van der Waals surface area contributed by atoms with Crippen LogP contribution in [0.15, 0.2) is 44.2 Å². The topological polar surface area (TPSA) is 75.0 Å².